The monoisotopic (exact) mass is 596 g/mol. The van der Waals surface area contributed by atoms with E-state index in [0.29, 0.717) is 17.9 Å². The summed E-state index contributed by atoms with van der Waals surface area (Å²) in [6.45, 7) is 5.01. The maximum Gasteiger partial charge on any atom is 0.339 e. The first-order chi connectivity index (χ1) is 21.0. The van der Waals surface area contributed by atoms with Crippen molar-refractivity contribution < 1.29 is 29.3 Å². The van der Waals surface area contributed by atoms with E-state index in [9.17, 15) is 19.8 Å². The zero-order valence-corrected chi connectivity index (χ0v) is 26.8. The fraction of sp³-hybridized carbons (Fsp3) is 0.622. The molecular weight excluding hydrogens is 540 g/mol. The number of benzene rings is 2. The van der Waals surface area contributed by atoms with E-state index in [-0.39, 0.29) is 24.3 Å². The third-order valence-electron chi connectivity index (χ3n) is 7.99. The lowest BCUT2D eigenvalue weighted by atomic mass is 10.0. The molecule has 0 bridgehead atoms. The summed E-state index contributed by atoms with van der Waals surface area (Å²) >= 11 is 0. The summed E-state index contributed by atoms with van der Waals surface area (Å²) < 4.78 is 11.6. The molecule has 2 aromatic rings. The highest BCUT2D eigenvalue weighted by atomic mass is 16.5. The first-order valence-corrected chi connectivity index (χ1v) is 16.9. The van der Waals surface area contributed by atoms with Crippen molar-refractivity contribution in [2.45, 2.75) is 136 Å². The van der Waals surface area contributed by atoms with Crippen LogP contribution in [0.1, 0.15) is 155 Å². The highest BCUT2D eigenvalue weighted by Gasteiger charge is 2.14. The molecule has 0 aliphatic carbocycles. The van der Waals surface area contributed by atoms with Crippen LogP contribution in [0.4, 0.5) is 0 Å². The minimum Gasteiger partial charge on any atom is -0.493 e. The normalized spacial score (nSPS) is 11.0. The third-order valence-corrected chi connectivity index (χ3v) is 7.99. The number of carbonyl (C=O) groups is 2. The zero-order chi connectivity index (χ0) is 31.1. The van der Waals surface area contributed by atoms with Crippen LogP contribution in [0.25, 0.3) is 0 Å². The van der Waals surface area contributed by atoms with Gasteiger partial charge in [0, 0.05) is 6.42 Å². The van der Waals surface area contributed by atoms with Gasteiger partial charge in [0.1, 0.15) is 22.6 Å². The Hall–Kier alpha value is -3.02. The molecule has 2 N–H and O–H groups in total. The van der Waals surface area contributed by atoms with Crippen LogP contribution in [0.3, 0.4) is 0 Å². The number of carboxylic acid groups (broad SMARTS) is 2. The van der Waals surface area contributed by atoms with Crippen molar-refractivity contribution in [3.05, 3.63) is 58.7 Å². The van der Waals surface area contributed by atoms with Gasteiger partial charge >= 0.3 is 11.9 Å². The molecule has 0 aliphatic heterocycles. The number of unbranched alkanes of at least 4 members (excludes halogenated alkanes) is 14. The lowest BCUT2D eigenvalue weighted by Gasteiger charge is -2.13. The second-order valence-corrected chi connectivity index (χ2v) is 11.8. The summed E-state index contributed by atoms with van der Waals surface area (Å²) in [7, 11) is 0. The molecule has 0 heterocycles. The van der Waals surface area contributed by atoms with E-state index >= 15 is 0 Å². The van der Waals surface area contributed by atoms with Crippen LogP contribution in [0.15, 0.2) is 36.4 Å². The summed E-state index contributed by atoms with van der Waals surface area (Å²) in [6, 6.07) is 10.9. The van der Waals surface area contributed by atoms with Crippen molar-refractivity contribution in [3.8, 4) is 11.5 Å². The van der Waals surface area contributed by atoms with Crippen LogP contribution in [0.2, 0.25) is 0 Å². The molecule has 0 aliphatic rings. The van der Waals surface area contributed by atoms with E-state index in [1.165, 1.54) is 89.9 Å². The predicted molar refractivity (Wildman–Crippen MR) is 175 cm³/mol. The molecule has 6 heteroatoms. The molecule has 0 radical (unpaired) electrons. The Kier molecular flexibility index (Phi) is 18.9. The molecular formula is C37H56O6. The summed E-state index contributed by atoms with van der Waals surface area (Å²) in [4.78, 5) is 23.7. The van der Waals surface area contributed by atoms with Crippen molar-refractivity contribution in [1.82, 2.24) is 0 Å². The maximum absolute atomic E-state index is 11.9. The molecule has 2 aromatic carbocycles. The highest BCUT2D eigenvalue weighted by molar-refractivity contribution is 5.91. The maximum atomic E-state index is 11.9. The quantitative estimate of drug-likeness (QED) is 0.105. The minimum atomic E-state index is -0.998. The molecule has 2 rings (SSSR count). The van der Waals surface area contributed by atoms with Gasteiger partial charge in [0.15, 0.2) is 0 Å². The smallest absolute Gasteiger partial charge is 0.339 e. The second-order valence-electron chi connectivity index (χ2n) is 11.8. The van der Waals surface area contributed by atoms with E-state index in [1.807, 2.05) is 12.1 Å². The Morgan fingerprint density at radius 3 is 1.21 bits per heavy atom. The van der Waals surface area contributed by atoms with Crippen molar-refractivity contribution in [3.63, 3.8) is 0 Å². The van der Waals surface area contributed by atoms with Crippen LogP contribution in [0, 0.1) is 0 Å². The first kappa shape index (κ1) is 36.2. The lowest BCUT2D eigenvalue weighted by Crippen LogP contribution is -2.10. The summed E-state index contributed by atoms with van der Waals surface area (Å²) in [5.41, 5.74) is 2.40. The van der Waals surface area contributed by atoms with E-state index < -0.39 is 11.9 Å². The van der Waals surface area contributed by atoms with Gasteiger partial charge in [0.25, 0.3) is 0 Å². The standard InChI is InChI=1S/C37H56O6/c1-3-5-7-9-11-13-15-17-20-30-22-24-34(32(28-30)36(38)39)42-26-19-27-43-35-25-23-31(29-33(35)37(40)41)21-18-16-14-12-10-8-6-4-2/h22-25,28-29H,3-21,26-27H2,1-2H3,(H,38,39)(H,40,41). The zero-order valence-electron chi connectivity index (χ0n) is 26.8. The number of hydrogen-bond acceptors (Lipinski definition) is 4. The SMILES string of the molecule is CCCCCCCCCCc1ccc(OCCCOc2ccc(CCCCCCCCCC)cc2C(=O)O)c(C(=O)O)c1. The Labute approximate surface area is 260 Å². The molecule has 0 aromatic heterocycles. The number of ether oxygens (including phenoxy) is 2. The molecule has 0 amide bonds. The third kappa shape index (κ3) is 15.3. The number of carboxylic acids is 2. The van der Waals surface area contributed by atoms with Crippen molar-refractivity contribution in [2.24, 2.45) is 0 Å². The van der Waals surface area contributed by atoms with Gasteiger partial charge in [0.2, 0.25) is 0 Å². The molecule has 0 atom stereocenters. The number of aromatic carboxylic acids is 2. The van der Waals surface area contributed by atoms with Crippen molar-refractivity contribution in [2.75, 3.05) is 13.2 Å². The molecule has 0 saturated heterocycles. The van der Waals surface area contributed by atoms with E-state index in [4.69, 9.17) is 9.47 Å². The Balaban J connectivity index is 1.74. The second kappa shape index (κ2) is 22.5. The van der Waals surface area contributed by atoms with Crippen molar-refractivity contribution in [1.29, 1.82) is 0 Å². The van der Waals surface area contributed by atoms with Gasteiger partial charge in [-0.05, 0) is 61.1 Å². The Morgan fingerprint density at radius 2 is 0.860 bits per heavy atom. The van der Waals surface area contributed by atoms with E-state index in [1.54, 1.807) is 24.3 Å². The average molecular weight is 597 g/mol. The van der Waals surface area contributed by atoms with Crippen molar-refractivity contribution >= 4 is 11.9 Å². The highest BCUT2D eigenvalue weighted by Crippen LogP contribution is 2.24. The van der Waals surface area contributed by atoms with Gasteiger partial charge < -0.3 is 19.7 Å². The van der Waals surface area contributed by atoms with Crippen LogP contribution >= 0.6 is 0 Å². The number of hydrogen-bond donors (Lipinski definition) is 2. The van der Waals surface area contributed by atoms with Crippen LogP contribution < -0.4 is 9.47 Å². The minimum absolute atomic E-state index is 0.179. The van der Waals surface area contributed by atoms with E-state index in [0.717, 1.165) is 36.8 Å². The van der Waals surface area contributed by atoms with Crippen LogP contribution in [0.5, 0.6) is 11.5 Å². The Morgan fingerprint density at radius 1 is 0.512 bits per heavy atom. The molecule has 0 saturated carbocycles. The van der Waals surface area contributed by atoms with Gasteiger partial charge in [-0.2, -0.15) is 0 Å². The molecule has 43 heavy (non-hydrogen) atoms. The number of rotatable bonds is 26. The van der Waals surface area contributed by atoms with Gasteiger partial charge in [-0.15, -0.1) is 0 Å². The largest absolute Gasteiger partial charge is 0.493 e. The van der Waals surface area contributed by atoms with Gasteiger partial charge in [-0.3, -0.25) is 0 Å². The fourth-order valence-electron chi connectivity index (χ4n) is 5.40. The predicted octanol–water partition coefficient (Wildman–Crippen LogP) is 10.3. The summed E-state index contributed by atoms with van der Waals surface area (Å²) in [5, 5.41) is 19.4. The Bertz CT molecular complexity index is 980. The number of aryl methyl sites for hydroxylation is 2. The summed E-state index contributed by atoms with van der Waals surface area (Å²) in [6.07, 6.45) is 22.1. The molecule has 0 spiro atoms. The first-order valence-electron chi connectivity index (χ1n) is 16.9. The lowest BCUT2D eigenvalue weighted by molar-refractivity contribution is 0.0682. The molecule has 6 nitrogen and oxygen atoms in total. The fourth-order valence-corrected chi connectivity index (χ4v) is 5.40. The van der Waals surface area contributed by atoms with Crippen LogP contribution in [-0.4, -0.2) is 35.4 Å². The van der Waals surface area contributed by atoms with Gasteiger partial charge in [0.05, 0.1) is 13.2 Å². The van der Waals surface area contributed by atoms with Gasteiger partial charge in [-0.1, -0.05) is 116 Å². The average Bonchev–Trinajstić information content (AvgIpc) is 3.00. The molecule has 0 unspecified atom stereocenters. The van der Waals surface area contributed by atoms with Crippen LogP contribution in [-0.2, 0) is 12.8 Å². The molecule has 240 valence electrons. The van der Waals surface area contributed by atoms with Gasteiger partial charge in [-0.25, -0.2) is 9.59 Å². The van der Waals surface area contributed by atoms with E-state index in [2.05, 4.69) is 13.8 Å². The topological polar surface area (TPSA) is 93.1 Å². The summed E-state index contributed by atoms with van der Waals surface area (Å²) in [5.74, 6) is -1.29. The molecule has 0 fully saturated rings.